The number of piperidine rings is 1. The number of anilines is 1. The van der Waals surface area contributed by atoms with Gasteiger partial charge in [0.25, 0.3) is 0 Å². The molecule has 4 nitrogen and oxygen atoms in total. The molecule has 0 unspecified atom stereocenters. The first-order valence-corrected chi connectivity index (χ1v) is 8.28. The van der Waals surface area contributed by atoms with Gasteiger partial charge in [-0.25, -0.2) is 0 Å². The van der Waals surface area contributed by atoms with E-state index in [0.29, 0.717) is 18.4 Å². The van der Waals surface area contributed by atoms with Gasteiger partial charge in [-0.3, -0.25) is 9.69 Å². The highest BCUT2D eigenvalue weighted by molar-refractivity contribution is 5.95. The molecule has 0 aromatic heterocycles. The van der Waals surface area contributed by atoms with Crippen molar-refractivity contribution in [3.63, 3.8) is 0 Å². The highest BCUT2D eigenvalue weighted by atomic mass is 16.5. The van der Waals surface area contributed by atoms with Crippen LogP contribution in [0.15, 0.2) is 24.3 Å². The Morgan fingerprint density at radius 3 is 2.59 bits per heavy atom. The number of hydrogen-bond donors (Lipinski definition) is 1. The second-order valence-electron chi connectivity index (χ2n) is 6.49. The van der Waals surface area contributed by atoms with Crippen molar-refractivity contribution in [2.45, 2.75) is 40.2 Å². The molecule has 1 heterocycles. The summed E-state index contributed by atoms with van der Waals surface area (Å²) in [5.74, 6) is 2.06. The number of nitrogens with zero attached hydrogens (tertiary/aromatic N) is 1. The molecule has 1 amide bonds. The van der Waals surface area contributed by atoms with Crippen molar-refractivity contribution in [3.8, 4) is 5.75 Å². The Kier molecular flexibility index (Phi) is 5.83. The minimum absolute atomic E-state index is 0.0356. The Labute approximate surface area is 133 Å². The monoisotopic (exact) mass is 304 g/mol. The number of carbonyl (C=O) groups excluding carboxylic acids is 1. The summed E-state index contributed by atoms with van der Waals surface area (Å²) in [5, 5.41) is 3.02. The molecule has 0 radical (unpaired) electrons. The van der Waals surface area contributed by atoms with Crippen LogP contribution in [0, 0.1) is 11.8 Å². The standard InChI is InChI=1S/C18H28N2O2/c1-5-22-17-9-7-6-8-16(17)19-18(21)15(4)20-11-13(2)10-14(3)12-20/h6-9,13-15H,5,10-12H2,1-4H3,(H,19,21)/t13-,14+,15-/m1/s1. The predicted molar refractivity (Wildman–Crippen MR) is 90.2 cm³/mol. The first-order chi connectivity index (χ1) is 10.5. The highest BCUT2D eigenvalue weighted by Gasteiger charge is 2.29. The summed E-state index contributed by atoms with van der Waals surface area (Å²) in [7, 11) is 0. The van der Waals surface area contributed by atoms with Gasteiger partial charge in [0.05, 0.1) is 18.3 Å². The van der Waals surface area contributed by atoms with Crippen LogP contribution in [-0.2, 0) is 4.79 Å². The van der Waals surface area contributed by atoms with E-state index in [4.69, 9.17) is 4.74 Å². The summed E-state index contributed by atoms with van der Waals surface area (Å²) in [6, 6.07) is 7.47. The fraction of sp³-hybridized carbons (Fsp3) is 0.611. The lowest BCUT2D eigenvalue weighted by atomic mass is 9.91. The van der Waals surface area contributed by atoms with E-state index in [2.05, 4.69) is 24.1 Å². The van der Waals surface area contributed by atoms with Crippen LogP contribution < -0.4 is 10.1 Å². The molecule has 1 aliphatic rings. The summed E-state index contributed by atoms with van der Waals surface area (Å²) in [5.41, 5.74) is 0.749. The molecule has 1 saturated heterocycles. The molecule has 122 valence electrons. The summed E-state index contributed by atoms with van der Waals surface area (Å²) in [6.07, 6.45) is 1.25. The number of para-hydroxylation sites is 2. The Morgan fingerprint density at radius 2 is 1.95 bits per heavy atom. The third kappa shape index (κ3) is 4.23. The zero-order valence-electron chi connectivity index (χ0n) is 14.1. The largest absolute Gasteiger partial charge is 0.492 e. The van der Waals surface area contributed by atoms with E-state index >= 15 is 0 Å². The maximum atomic E-state index is 12.6. The van der Waals surface area contributed by atoms with Crippen molar-refractivity contribution in [2.75, 3.05) is 25.0 Å². The van der Waals surface area contributed by atoms with Gasteiger partial charge >= 0.3 is 0 Å². The predicted octanol–water partition coefficient (Wildman–Crippen LogP) is 3.39. The molecule has 0 saturated carbocycles. The number of benzene rings is 1. The van der Waals surface area contributed by atoms with E-state index in [1.165, 1.54) is 6.42 Å². The van der Waals surface area contributed by atoms with E-state index in [1.54, 1.807) is 0 Å². The van der Waals surface area contributed by atoms with Gasteiger partial charge in [-0.1, -0.05) is 26.0 Å². The van der Waals surface area contributed by atoms with Crippen LogP contribution in [0.3, 0.4) is 0 Å². The average Bonchev–Trinajstić information content (AvgIpc) is 2.47. The van der Waals surface area contributed by atoms with Gasteiger partial charge in [-0.2, -0.15) is 0 Å². The van der Waals surface area contributed by atoms with Crippen molar-refractivity contribution in [2.24, 2.45) is 11.8 Å². The van der Waals surface area contributed by atoms with E-state index in [9.17, 15) is 4.79 Å². The highest BCUT2D eigenvalue weighted by Crippen LogP contribution is 2.26. The van der Waals surface area contributed by atoms with Gasteiger partial charge in [-0.15, -0.1) is 0 Å². The second kappa shape index (κ2) is 7.63. The number of carbonyl (C=O) groups is 1. The minimum atomic E-state index is -0.125. The zero-order chi connectivity index (χ0) is 16.1. The Balaban J connectivity index is 2.02. The topological polar surface area (TPSA) is 41.6 Å². The molecule has 1 aliphatic heterocycles. The van der Waals surface area contributed by atoms with Gasteiger partial charge in [0.2, 0.25) is 5.91 Å². The van der Waals surface area contributed by atoms with Crippen molar-refractivity contribution in [1.29, 1.82) is 0 Å². The summed E-state index contributed by atoms with van der Waals surface area (Å²) < 4.78 is 5.57. The molecule has 2 rings (SSSR count). The van der Waals surface area contributed by atoms with Crippen LogP contribution in [-0.4, -0.2) is 36.5 Å². The van der Waals surface area contributed by atoms with Gasteiger partial charge in [0.15, 0.2) is 0 Å². The maximum Gasteiger partial charge on any atom is 0.241 e. The molecule has 0 aliphatic carbocycles. The molecule has 1 N–H and O–H groups in total. The van der Waals surface area contributed by atoms with Crippen molar-refractivity contribution < 1.29 is 9.53 Å². The number of nitrogens with one attached hydrogen (secondary N) is 1. The van der Waals surface area contributed by atoms with Crippen molar-refractivity contribution in [1.82, 2.24) is 4.90 Å². The van der Waals surface area contributed by atoms with Gasteiger partial charge in [0.1, 0.15) is 5.75 Å². The van der Waals surface area contributed by atoms with E-state index in [0.717, 1.165) is 24.5 Å². The molecule has 1 aromatic carbocycles. The molecule has 0 spiro atoms. The smallest absolute Gasteiger partial charge is 0.241 e. The third-order valence-electron chi connectivity index (χ3n) is 4.27. The quantitative estimate of drug-likeness (QED) is 0.906. The van der Waals surface area contributed by atoms with Gasteiger partial charge in [-0.05, 0) is 44.2 Å². The molecule has 1 aromatic rings. The molecular weight excluding hydrogens is 276 g/mol. The molecule has 22 heavy (non-hydrogen) atoms. The second-order valence-corrected chi connectivity index (χ2v) is 6.49. The summed E-state index contributed by atoms with van der Waals surface area (Å²) >= 11 is 0. The maximum absolute atomic E-state index is 12.6. The van der Waals surface area contributed by atoms with Crippen LogP contribution in [0.1, 0.15) is 34.1 Å². The van der Waals surface area contributed by atoms with Gasteiger partial charge < -0.3 is 10.1 Å². The summed E-state index contributed by atoms with van der Waals surface area (Å²) in [6.45, 7) is 11.0. The molecule has 3 atom stereocenters. The average molecular weight is 304 g/mol. The van der Waals surface area contributed by atoms with E-state index in [-0.39, 0.29) is 11.9 Å². The molecule has 0 bridgehead atoms. The lowest BCUT2D eigenvalue weighted by Crippen LogP contribution is -2.48. The van der Waals surface area contributed by atoms with Crippen LogP contribution >= 0.6 is 0 Å². The molecule has 1 fully saturated rings. The first-order valence-electron chi connectivity index (χ1n) is 8.28. The third-order valence-corrected chi connectivity index (χ3v) is 4.27. The Hall–Kier alpha value is -1.55. The SMILES string of the molecule is CCOc1ccccc1NC(=O)[C@@H](C)N1C[C@H](C)C[C@H](C)C1. The van der Waals surface area contributed by atoms with Crippen LogP contribution in [0.4, 0.5) is 5.69 Å². The first kappa shape index (κ1) is 16.8. The Bertz CT molecular complexity index is 494. The van der Waals surface area contributed by atoms with Crippen LogP contribution in [0.25, 0.3) is 0 Å². The summed E-state index contributed by atoms with van der Waals surface area (Å²) in [4.78, 5) is 14.9. The van der Waals surface area contributed by atoms with E-state index < -0.39 is 0 Å². The minimum Gasteiger partial charge on any atom is -0.492 e. The fourth-order valence-electron chi connectivity index (χ4n) is 3.28. The fourth-order valence-corrected chi connectivity index (χ4v) is 3.28. The van der Waals surface area contributed by atoms with Crippen molar-refractivity contribution >= 4 is 11.6 Å². The lowest BCUT2D eigenvalue weighted by Gasteiger charge is -2.38. The number of rotatable bonds is 5. The van der Waals surface area contributed by atoms with Crippen LogP contribution in [0.2, 0.25) is 0 Å². The number of amides is 1. The van der Waals surface area contributed by atoms with Crippen LogP contribution in [0.5, 0.6) is 5.75 Å². The number of hydrogen-bond acceptors (Lipinski definition) is 3. The lowest BCUT2D eigenvalue weighted by molar-refractivity contribution is -0.121. The van der Waals surface area contributed by atoms with Crippen molar-refractivity contribution in [3.05, 3.63) is 24.3 Å². The number of ether oxygens (including phenoxy) is 1. The molecule has 4 heteroatoms. The molecular formula is C18H28N2O2. The number of likely N-dealkylation sites (tertiary alicyclic amines) is 1. The Morgan fingerprint density at radius 1 is 1.32 bits per heavy atom. The normalized spacial score (nSPS) is 23.8. The zero-order valence-corrected chi connectivity index (χ0v) is 14.1. The van der Waals surface area contributed by atoms with E-state index in [1.807, 2.05) is 38.1 Å². The van der Waals surface area contributed by atoms with Gasteiger partial charge in [0, 0.05) is 13.1 Å².